The number of nitriles is 1. The lowest BCUT2D eigenvalue weighted by Gasteiger charge is -2.55. The average molecular weight is 554 g/mol. The predicted molar refractivity (Wildman–Crippen MR) is 158 cm³/mol. The number of thioether (sulfide) groups is 1. The number of alkyl halides is 1. The molecule has 1 amide bonds. The number of hydrogen-bond donors (Lipinski definition) is 0. The molecular formula is C32H44FN3O2S. The molecule has 0 saturated carbocycles. The van der Waals surface area contributed by atoms with Crippen LogP contribution in [0.4, 0.5) is 4.39 Å². The van der Waals surface area contributed by atoms with Crippen molar-refractivity contribution in [2.75, 3.05) is 12.3 Å². The molecule has 0 spiro atoms. The van der Waals surface area contributed by atoms with Gasteiger partial charge >= 0.3 is 0 Å². The second-order valence-electron chi connectivity index (χ2n) is 12.1. The first-order chi connectivity index (χ1) is 18.4. The van der Waals surface area contributed by atoms with Crippen LogP contribution in [0.3, 0.4) is 0 Å². The summed E-state index contributed by atoms with van der Waals surface area (Å²) in [4.78, 5) is 18.3. The summed E-state index contributed by atoms with van der Waals surface area (Å²) in [6, 6.07) is 19.8. The molecule has 0 bridgehead atoms. The van der Waals surface area contributed by atoms with E-state index in [1.165, 1.54) is 4.90 Å². The zero-order valence-electron chi connectivity index (χ0n) is 24.5. The zero-order valence-corrected chi connectivity index (χ0v) is 25.3. The van der Waals surface area contributed by atoms with Crippen molar-refractivity contribution in [1.82, 2.24) is 9.80 Å². The van der Waals surface area contributed by atoms with E-state index in [0.29, 0.717) is 12.4 Å². The Balaban J connectivity index is 1.82. The van der Waals surface area contributed by atoms with Crippen molar-refractivity contribution in [2.45, 2.75) is 97.1 Å². The lowest BCUT2D eigenvalue weighted by molar-refractivity contribution is -0.156. The van der Waals surface area contributed by atoms with Gasteiger partial charge in [-0.15, -0.1) is 0 Å². The van der Waals surface area contributed by atoms with E-state index in [0.717, 1.165) is 22.6 Å². The molecule has 39 heavy (non-hydrogen) atoms. The van der Waals surface area contributed by atoms with Gasteiger partial charge in [-0.2, -0.15) is 17.0 Å². The van der Waals surface area contributed by atoms with Gasteiger partial charge in [0.15, 0.2) is 0 Å². The number of hydrogen-bond acceptors (Lipinski definition) is 5. The number of amides is 1. The Bertz CT molecular complexity index is 1100. The van der Waals surface area contributed by atoms with Gasteiger partial charge < -0.3 is 9.64 Å². The molecule has 2 aromatic rings. The molecule has 1 fully saturated rings. The summed E-state index contributed by atoms with van der Waals surface area (Å²) in [5.41, 5.74) is 0.881. The normalized spacial score (nSPS) is 19.4. The van der Waals surface area contributed by atoms with Gasteiger partial charge in [0.2, 0.25) is 5.91 Å². The summed E-state index contributed by atoms with van der Waals surface area (Å²) in [6.07, 6.45) is -1.09. The number of halogens is 1. The van der Waals surface area contributed by atoms with Gasteiger partial charge in [-0.3, -0.25) is 9.69 Å². The lowest BCUT2D eigenvalue weighted by atomic mass is 9.71. The van der Waals surface area contributed by atoms with Gasteiger partial charge in [-0.25, -0.2) is 4.39 Å². The van der Waals surface area contributed by atoms with E-state index in [2.05, 4.69) is 71.6 Å². The number of likely N-dealkylation sites (tertiary alicyclic amines) is 1. The fraction of sp³-hybridized carbons (Fsp3) is 0.562. The summed E-state index contributed by atoms with van der Waals surface area (Å²) in [6.45, 7) is 15.2. The number of carbonyl (C=O) groups excluding carboxylic acids is 1. The highest BCUT2D eigenvalue weighted by molar-refractivity contribution is 7.98. The van der Waals surface area contributed by atoms with E-state index in [9.17, 15) is 14.4 Å². The molecule has 3 atom stereocenters. The number of benzene rings is 2. The van der Waals surface area contributed by atoms with E-state index in [4.69, 9.17) is 4.74 Å². The van der Waals surface area contributed by atoms with Crippen molar-refractivity contribution in [3.63, 3.8) is 0 Å². The van der Waals surface area contributed by atoms with Crippen LogP contribution >= 0.6 is 11.8 Å². The molecule has 0 aromatic heterocycles. The fourth-order valence-corrected chi connectivity index (χ4v) is 7.29. The minimum absolute atomic E-state index is 0.0198. The molecule has 1 aliphatic rings. The maximum absolute atomic E-state index is 14.5. The predicted octanol–water partition coefficient (Wildman–Crippen LogP) is 6.87. The van der Waals surface area contributed by atoms with Gasteiger partial charge in [-0.05, 0) is 56.4 Å². The van der Waals surface area contributed by atoms with Gasteiger partial charge in [0.1, 0.15) is 30.1 Å². The molecular weight excluding hydrogens is 509 g/mol. The topological polar surface area (TPSA) is 56.6 Å². The van der Waals surface area contributed by atoms with Crippen molar-refractivity contribution in [3.8, 4) is 11.8 Å². The molecule has 0 unspecified atom stereocenters. The average Bonchev–Trinajstić information content (AvgIpc) is 3.27. The third-order valence-electron chi connectivity index (χ3n) is 7.56. The molecule has 0 aliphatic carbocycles. The Morgan fingerprint density at radius 1 is 1.08 bits per heavy atom. The molecule has 1 aliphatic heterocycles. The Morgan fingerprint density at radius 3 is 2.23 bits per heavy atom. The third kappa shape index (κ3) is 7.15. The Labute approximate surface area is 238 Å². The van der Waals surface area contributed by atoms with Crippen LogP contribution in [-0.2, 0) is 17.2 Å². The highest BCUT2D eigenvalue weighted by Gasteiger charge is 2.57. The summed E-state index contributed by atoms with van der Waals surface area (Å²) in [7, 11) is 0. The van der Waals surface area contributed by atoms with Crippen molar-refractivity contribution >= 4 is 17.7 Å². The summed E-state index contributed by atoms with van der Waals surface area (Å²) < 4.78 is 20.4. The van der Waals surface area contributed by atoms with E-state index in [1.807, 2.05) is 42.5 Å². The number of nitrogens with zero attached hydrogens (tertiary/aromatic N) is 3. The van der Waals surface area contributed by atoms with Crippen LogP contribution < -0.4 is 4.74 Å². The minimum atomic E-state index is -1.17. The molecule has 1 saturated heterocycles. The monoisotopic (exact) mass is 553 g/mol. The van der Waals surface area contributed by atoms with Crippen LogP contribution in [0.5, 0.6) is 5.75 Å². The van der Waals surface area contributed by atoms with Gasteiger partial charge in [0.05, 0.1) is 12.6 Å². The van der Waals surface area contributed by atoms with Crippen molar-refractivity contribution in [1.29, 1.82) is 5.26 Å². The highest BCUT2D eigenvalue weighted by Crippen LogP contribution is 2.44. The summed E-state index contributed by atoms with van der Waals surface area (Å²) in [5.74, 6) is 1.93. The summed E-state index contributed by atoms with van der Waals surface area (Å²) >= 11 is 1.71. The first-order valence-electron chi connectivity index (χ1n) is 13.9. The number of ether oxygens (including phenoxy) is 1. The minimum Gasteiger partial charge on any atom is -0.489 e. The van der Waals surface area contributed by atoms with Gasteiger partial charge in [-0.1, -0.05) is 63.2 Å². The molecule has 0 radical (unpaired) electrons. The van der Waals surface area contributed by atoms with Crippen LogP contribution in [0.1, 0.15) is 66.0 Å². The van der Waals surface area contributed by atoms with Gasteiger partial charge in [0, 0.05) is 30.0 Å². The van der Waals surface area contributed by atoms with Crippen molar-refractivity contribution in [2.24, 2.45) is 5.41 Å². The zero-order chi connectivity index (χ0) is 28.8. The second kappa shape index (κ2) is 13.2. The highest BCUT2D eigenvalue weighted by atomic mass is 32.2. The Kier molecular flexibility index (Phi) is 10.5. The van der Waals surface area contributed by atoms with E-state index in [1.54, 1.807) is 11.8 Å². The summed E-state index contributed by atoms with van der Waals surface area (Å²) in [5, 5.41) is 9.74. The van der Waals surface area contributed by atoms with E-state index in [-0.39, 0.29) is 31.0 Å². The van der Waals surface area contributed by atoms with Crippen molar-refractivity contribution < 1.29 is 13.9 Å². The second-order valence-corrected chi connectivity index (χ2v) is 13.0. The quantitative estimate of drug-likeness (QED) is 0.304. The Morgan fingerprint density at radius 2 is 1.69 bits per heavy atom. The SMILES string of the molecule is CC(C)N(C(C)C)[C@@](CSCc1ccc(OCc2ccccc2)cc1)(C(=O)N1C[C@@H](F)C[C@H]1C#N)C(C)(C)C. The molecule has 3 rings (SSSR count). The van der Waals surface area contributed by atoms with E-state index >= 15 is 0 Å². The lowest BCUT2D eigenvalue weighted by Crippen LogP contribution is -2.71. The maximum Gasteiger partial charge on any atom is 0.245 e. The van der Waals surface area contributed by atoms with Gasteiger partial charge in [0.25, 0.3) is 0 Å². The number of rotatable bonds is 11. The fourth-order valence-electron chi connectivity index (χ4n) is 5.76. The van der Waals surface area contributed by atoms with Crippen LogP contribution in [0.15, 0.2) is 54.6 Å². The molecule has 212 valence electrons. The van der Waals surface area contributed by atoms with Crippen LogP contribution in [-0.4, -0.2) is 57.8 Å². The Hall–Kier alpha value is -2.56. The van der Waals surface area contributed by atoms with Crippen LogP contribution in [0.25, 0.3) is 0 Å². The first-order valence-corrected chi connectivity index (χ1v) is 15.0. The molecule has 2 aromatic carbocycles. The molecule has 7 heteroatoms. The molecule has 1 heterocycles. The molecule has 5 nitrogen and oxygen atoms in total. The molecule has 0 N–H and O–H groups in total. The third-order valence-corrected chi connectivity index (χ3v) is 8.72. The van der Waals surface area contributed by atoms with Crippen LogP contribution in [0.2, 0.25) is 0 Å². The largest absolute Gasteiger partial charge is 0.489 e. The van der Waals surface area contributed by atoms with Crippen molar-refractivity contribution in [3.05, 3.63) is 65.7 Å². The maximum atomic E-state index is 14.5. The first kappa shape index (κ1) is 31.0. The van der Waals surface area contributed by atoms with Crippen LogP contribution in [0, 0.1) is 16.7 Å². The standard InChI is InChI=1S/C32H44FN3O2S/c1-23(2)36(24(3)4)32(31(5,6)7,30(37)35-19-27(33)17-28(35)18-34)22-39-21-26-13-15-29(16-14-26)38-20-25-11-9-8-10-12-25/h8-16,23-24,27-28H,17,19-22H2,1-7H3/t27-,28-,32-/m0/s1. The number of carbonyl (C=O) groups is 1. The van der Waals surface area contributed by atoms with E-state index < -0.39 is 23.2 Å². The smallest absolute Gasteiger partial charge is 0.245 e.